The van der Waals surface area contributed by atoms with Crippen molar-refractivity contribution in [3.63, 3.8) is 0 Å². The average molecular weight is 632 g/mol. The number of hydrogen-bond acceptors (Lipinski definition) is 7. The molecule has 44 heavy (non-hydrogen) atoms. The Labute approximate surface area is 263 Å². The van der Waals surface area contributed by atoms with Crippen molar-refractivity contribution in [3.05, 3.63) is 84.3 Å². The number of imidazole rings is 1. The molecule has 2 aliphatic rings. The average Bonchev–Trinajstić information content (AvgIpc) is 3.57. The molecule has 6 rings (SSSR count). The molecule has 2 aromatic heterocycles. The summed E-state index contributed by atoms with van der Waals surface area (Å²) in [6.07, 6.45) is 5.32. The lowest BCUT2D eigenvalue weighted by atomic mass is 9.90. The van der Waals surface area contributed by atoms with Gasteiger partial charge in [0.25, 0.3) is 8.32 Å². The van der Waals surface area contributed by atoms with E-state index >= 15 is 0 Å². The van der Waals surface area contributed by atoms with E-state index in [1.54, 1.807) is 6.33 Å². The number of aromatic nitrogens is 4. The van der Waals surface area contributed by atoms with Gasteiger partial charge < -0.3 is 18.5 Å². The highest BCUT2D eigenvalue weighted by molar-refractivity contribution is 6.99. The Morgan fingerprint density at radius 1 is 1.02 bits per heavy atom. The number of nitrogens with zero attached hydrogens (tertiary/aromatic N) is 4. The van der Waals surface area contributed by atoms with Crippen LogP contribution in [0.3, 0.4) is 0 Å². The molecule has 11 heteroatoms. The van der Waals surface area contributed by atoms with Crippen molar-refractivity contribution in [2.45, 2.75) is 76.5 Å². The van der Waals surface area contributed by atoms with E-state index in [9.17, 15) is 4.79 Å². The van der Waals surface area contributed by atoms with Gasteiger partial charge in [0.05, 0.1) is 12.9 Å². The van der Waals surface area contributed by atoms with E-state index in [4.69, 9.17) is 30.5 Å². The van der Waals surface area contributed by atoms with E-state index < -0.39 is 31.3 Å². The van der Waals surface area contributed by atoms with Crippen LogP contribution in [-0.2, 0) is 24.2 Å². The maximum absolute atomic E-state index is 11.9. The highest BCUT2D eigenvalue weighted by atomic mass is 35.5. The van der Waals surface area contributed by atoms with Crippen LogP contribution >= 0.6 is 11.6 Å². The van der Waals surface area contributed by atoms with E-state index in [0.717, 1.165) is 10.4 Å². The third-order valence-corrected chi connectivity index (χ3v) is 13.8. The Bertz CT molecular complexity index is 1700. The van der Waals surface area contributed by atoms with Crippen LogP contribution in [0.15, 0.2) is 79.1 Å². The summed E-state index contributed by atoms with van der Waals surface area (Å²) in [4.78, 5) is 25.5. The molecule has 1 amide bonds. The Kier molecular flexibility index (Phi) is 7.37. The molecule has 0 unspecified atom stereocenters. The molecule has 0 radical (unpaired) electrons. The summed E-state index contributed by atoms with van der Waals surface area (Å²) in [7, 11) is -2.97. The van der Waals surface area contributed by atoms with E-state index in [2.05, 4.69) is 90.7 Å². The van der Waals surface area contributed by atoms with Crippen molar-refractivity contribution in [2.75, 3.05) is 11.9 Å². The van der Waals surface area contributed by atoms with Gasteiger partial charge in [-0.2, -0.15) is 9.97 Å². The van der Waals surface area contributed by atoms with Crippen LogP contribution in [-0.4, -0.2) is 57.8 Å². The quantitative estimate of drug-likeness (QED) is 0.170. The van der Waals surface area contributed by atoms with Gasteiger partial charge in [-0.05, 0) is 36.2 Å². The summed E-state index contributed by atoms with van der Waals surface area (Å²) >= 11 is 6.59. The molecule has 0 saturated carbocycles. The number of hydrogen-bond donors (Lipinski definition) is 1. The van der Waals surface area contributed by atoms with Gasteiger partial charge >= 0.3 is 0 Å². The highest BCUT2D eigenvalue weighted by Crippen LogP contribution is 2.51. The number of carbonyl (C=O) groups is 1. The zero-order chi connectivity index (χ0) is 31.5. The lowest BCUT2D eigenvalue weighted by Crippen LogP contribution is -2.68. The monoisotopic (exact) mass is 631 g/mol. The van der Waals surface area contributed by atoms with Crippen LogP contribution in [0.1, 0.15) is 48.5 Å². The number of anilines is 1. The minimum Gasteiger partial charge on any atom is -0.405 e. The van der Waals surface area contributed by atoms with Crippen molar-refractivity contribution >= 4 is 53.3 Å². The molecule has 9 nitrogen and oxygen atoms in total. The van der Waals surface area contributed by atoms with Crippen molar-refractivity contribution in [3.8, 4) is 0 Å². The maximum Gasteiger partial charge on any atom is 0.261 e. The van der Waals surface area contributed by atoms with Crippen molar-refractivity contribution in [1.82, 2.24) is 19.5 Å². The molecule has 1 aliphatic heterocycles. The van der Waals surface area contributed by atoms with Crippen LogP contribution in [0.2, 0.25) is 10.2 Å². The van der Waals surface area contributed by atoms with Crippen LogP contribution < -0.4 is 15.7 Å². The first-order valence-electron chi connectivity index (χ1n) is 14.7. The molecule has 1 N–H and O–H groups in total. The zero-order valence-corrected chi connectivity index (χ0v) is 27.8. The van der Waals surface area contributed by atoms with Crippen LogP contribution in [0, 0.1) is 0 Å². The number of carbonyl (C=O) groups excluding carboxylic acids is 1. The summed E-state index contributed by atoms with van der Waals surface area (Å²) in [5.74, 6) is -1.07. The van der Waals surface area contributed by atoms with Gasteiger partial charge in [0.2, 0.25) is 11.9 Å². The summed E-state index contributed by atoms with van der Waals surface area (Å²) in [5, 5.41) is 4.86. The van der Waals surface area contributed by atoms with Gasteiger partial charge in [-0.25, -0.2) is 4.98 Å². The first-order valence-corrected chi connectivity index (χ1v) is 17.0. The number of ether oxygens (including phenoxy) is 2. The fourth-order valence-electron chi connectivity index (χ4n) is 6.89. The van der Waals surface area contributed by atoms with Crippen LogP contribution in [0.5, 0.6) is 0 Å². The SMILES string of the molecule is CC(=O)Nc1nc(Cl)c2ncn([C@@]3(CO[Si](c4ccccc4)(c4ccccc4)C(C)(C)C)C=C[C@]4(C)OC(C)(C)O[C@@H]43)c2n1. The minimum absolute atomic E-state index is 0.0912. The molecule has 0 spiro atoms. The normalized spacial score (nSPS) is 24.5. The Morgan fingerprint density at radius 2 is 1.64 bits per heavy atom. The standard InChI is InChI=1S/C33H38ClN5O4Si/c1-22(40)36-29-37-26(34)25-27(38-29)39(21-35-25)33(19-18-32(7)28(33)42-31(5,6)43-32)20-41-44(30(2,3)4,23-14-10-8-11-15-23)24-16-12-9-13-17-24/h8-19,21,28H,20H2,1-7H3,(H,36,37,38,40)/t28-,32-,33+/m0/s1. The lowest BCUT2D eigenvalue weighted by molar-refractivity contribution is -0.161. The predicted molar refractivity (Wildman–Crippen MR) is 174 cm³/mol. The minimum atomic E-state index is -2.97. The second-order valence-electron chi connectivity index (χ2n) is 13.3. The molecule has 3 heterocycles. The first-order chi connectivity index (χ1) is 20.7. The second kappa shape index (κ2) is 10.6. The van der Waals surface area contributed by atoms with Crippen LogP contribution in [0.4, 0.5) is 5.95 Å². The molecule has 1 fully saturated rings. The van der Waals surface area contributed by atoms with Crippen molar-refractivity contribution in [1.29, 1.82) is 0 Å². The van der Waals surface area contributed by atoms with Gasteiger partial charge in [0.1, 0.15) is 22.8 Å². The Morgan fingerprint density at radius 3 is 2.20 bits per heavy atom. The fourth-order valence-corrected chi connectivity index (χ4v) is 11.7. The zero-order valence-electron chi connectivity index (χ0n) is 26.1. The highest BCUT2D eigenvalue weighted by Gasteiger charge is 2.63. The Balaban J connectivity index is 1.57. The largest absolute Gasteiger partial charge is 0.405 e. The summed E-state index contributed by atoms with van der Waals surface area (Å²) < 4.78 is 22.7. The topological polar surface area (TPSA) is 100 Å². The predicted octanol–water partition coefficient (Wildman–Crippen LogP) is 5.19. The molecule has 3 atom stereocenters. The molecule has 230 valence electrons. The van der Waals surface area contributed by atoms with E-state index in [1.165, 1.54) is 6.92 Å². The van der Waals surface area contributed by atoms with E-state index in [0.29, 0.717) is 11.2 Å². The first kappa shape index (κ1) is 30.6. The third-order valence-electron chi connectivity index (χ3n) is 8.57. The van der Waals surface area contributed by atoms with E-state index in [1.807, 2.05) is 43.5 Å². The molecular formula is C33H38ClN5O4Si. The van der Waals surface area contributed by atoms with Gasteiger partial charge in [-0.15, -0.1) is 0 Å². The Hall–Kier alpha value is -3.41. The van der Waals surface area contributed by atoms with E-state index in [-0.39, 0.29) is 28.7 Å². The molecular weight excluding hydrogens is 594 g/mol. The molecule has 1 saturated heterocycles. The number of amides is 1. The third kappa shape index (κ3) is 4.89. The van der Waals surface area contributed by atoms with Gasteiger partial charge in [-0.1, -0.05) is 105 Å². The number of benzene rings is 2. The van der Waals surface area contributed by atoms with Crippen molar-refractivity contribution < 1.29 is 18.7 Å². The number of rotatable bonds is 7. The smallest absolute Gasteiger partial charge is 0.261 e. The van der Waals surface area contributed by atoms with Gasteiger partial charge in [0, 0.05) is 6.92 Å². The second-order valence-corrected chi connectivity index (χ2v) is 17.9. The number of nitrogens with one attached hydrogen (secondary N) is 1. The molecule has 4 aromatic rings. The van der Waals surface area contributed by atoms with Gasteiger partial charge in [0.15, 0.2) is 16.6 Å². The number of fused-ring (bicyclic) bond motifs is 2. The van der Waals surface area contributed by atoms with Gasteiger partial charge in [-0.3, -0.25) is 10.1 Å². The van der Waals surface area contributed by atoms with Crippen molar-refractivity contribution in [2.24, 2.45) is 0 Å². The summed E-state index contributed by atoms with van der Waals surface area (Å²) in [6, 6.07) is 21.0. The molecule has 1 aliphatic carbocycles. The maximum atomic E-state index is 11.9. The molecule has 0 bridgehead atoms. The van der Waals surface area contributed by atoms with Crippen LogP contribution in [0.25, 0.3) is 11.2 Å². The molecule has 2 aromatic carbocycles. The lowest BCUT2D eigenvalue weighted by Gasteiger charge is -2.46. The number of halogens is 1. The fraction of sp³-hybridized carbons (Fsp3) is 0.394. The summed E-state index contributed by atoms with van der Waals surface area (Å²) in [6.45, 7) is 14.2. The summed E-state index contributed by atoms with van der Waals surface area (Å²) in [5.41, 5.74) is -0.852.